The molecule has 0 unspecified atom stereocenters. The number of hydrogen-bond acceptors (Lipinski definition) is 4. The number of hydrogen-bond donors (Lipinski definition) is 1. The average Bonchev–Trinajstić information content (AvgIpc) is 2.33. The van der Waals surface area contributed by atoms with Gasteiger partial charge in [-0.3, -0.25) is 0 Å². The van der Waals surface area contributed by atoms with Crippen LogP contribution in [0, 0.1) is 6.92 Å². The minimum Gasteiger partial charge on any atom is -0.398 e. The summed E-state index contributed by atoms with van der Waals surface area (Å²) in [6, 6.07) is 5.06. The Kier molecular flexibility index (Phi) is 5.98. The van der Waals surface area contributed by atoms with E-state index in [-0.39, 0.29) is 4.90 Å². The fourth-order valence-electron chi connectivity index (χ4n) is 2.05. The van der Waals surface area contributed by atoms with Crippen molar-refractivity contribution in [1.29, 1.82) is 0 Å². The van der Waals surface area contributed by atoms with Gasteiger partial charge in [0.1, 0.15) is 4.90 Å². The van der Waals surface area contributed by atoms with Gasteiger partial charge in [0.05, 0.1) is 5.69 Å². The maximum Gasteiger partial charge on any atom is 0.245 e. The molecular formula is C14H25N3O2S. The van der Waals surface area contributed by atoms with Crippen molar-refractivity contribution in [3.63, 3.8) is 0 Å². The first-order chi connectivity index (χ1) is 9.28. The third-order valence-corrected chi connectivity index (χ3v) is 5.20. The molecule has 1 rings (SSSR count). The van der Waals surface area contributed by atoms with Gasteiger partial charge >= 0.3 is 0 Å². The van der Waals surface area contributed by atoms with Crippen LogP contribution in [0.15, 0.2) is 23.1 Å². The maximum atomic E-state index is 12.6. The topological polar surface area (TPSA) is 66.6 Å². The highest BCUT2D eigenvalue weighted by Gasteiger charge is 2.24. The van der Waals surface area contributed by atoms with Gasteiger partial charge in [-0.15, -0.1) is 0 Å². The Bertz CT molecular complexity index is 541. The van der Waals surface area contributed by atoms with Crippen LogP contribution in [0.4, 0.5) is 5.69 Å². The van der Waals surface area contributed by atoms with Crippen molar-refractivity contribution in [3.05, 3.63) is 23.8 Å². The highest BCUT2D eigenvalue weighted by molar-refractivity contribution is 7.89. The van der Waals surface area contributed by atoms with E-state index in [4.69, 9.17) is 5.73 Å². The fourth-order valence-corrected chi connectivity index (χ4v) is 3.64. The third-order valence-electron chi connectivity index (χ3n) is 3.15. The van der Waals surface area contributed by atoms with Gasteiger partial charge in [0.2, 0.25) is 10.0 Å². The second-order valence-corrected chi connectivity index (χ2v) is 7.10. The van der Waals surface area contributed by atoms with Crippen molar-refractivity contribution in [3.8, 4) is 0 Å². The number of aryl methyl sites for hydroxylation is 1. The summed E-state index contributed by atoms with van der Waals surface area (Å²) in [5.74, 6) is 0. The quantitative estimate of drug-likeness (QED) is 0.776. The van der Waals surface area contributed by atoms with Gasteiger partial charge in [0.15, 0.2) is 0 Å². The van der Waals surface area contributed by atoms with Crippen LogP contribution in [-0.2, 0) is 10.0 Å². The van der Waals surface area contributed by atoms with Crippen LogP contribution < -0.4 is 5.73 Å². The standard InChI is InChI=1S/C14H25N3O2S/c1-5-17(10-6-9-16(3)4)20(18,19)14-8-7-12(2)11-13(14)15/h7-8,11H,5-6,9-10,15H2,1-4H3. The predicted molar refractivity (Wildman–Crippen MR) is 83.2 cm³/mol. The minimum absolute atomic E-state index is 0.204. The van der Waals surface area contributed by atoms with E-state index in [1.807, 2.05) is 32.8 Å². The van der Waals surface area contributed by atoms with Crippen LogP contribution in [0.1, 0.15) is 18.9 Å². The number of benzene rings is 1. The number of nitrogens with zero attached hydrogens (tertiary/aromatic N) is 2. The number of nitrogen functional groups attached to an aromatic ring is 1. The molecule has 20 heavy (non-hydrogen) atoms. The molecule has 6 heteroatoms. The van der Waals surface area contributed by atoms with E-state index in [2.05, 4.69) is 0 Å². The maximum absolute atomic E-state index is 12.6. The lowest BCUT2D eigenvalue weighted by molar-refractivity contribution is 0.356. The zero-order chi connectivity index (χ0) is 15.3. The van der Waals surface area contributed by atoms with Crippen molar-refractivity contribution in [1.82, 2.24) is 9.21 Å². The molecule has 0 aliphatic rings. The molecule has 0 bridgehead atoms. The van der Waals surface area contributed by atoms with E-state index in [0.717, 1.165) is 18.5 Å². The SMILES string of the molecule is CCN(CCCN(C)C)S(=O)(=O)c1ccc(C)cc1N. The van der Waals surface area contributed by atoms with Gasteiger partial charge in [-0.05, 0) is 51.7 Å². The Morgan fingerprint density at radius 2 is 1.85 bits per heavy atom. The normalized spacial score (nSPS) is 12.3. The first-order valence-electron chi connectivity index (χ1n) is 6.80. The second-order valence-electron chi connectivity index (χ2n) is 5.19. The molecule has 0 amide bonds. The summed E-state index contributed by atoms with van der Waals surface area (Å²) in [5, 5.41) is 0. The Balaban J connectivity index is 2.94. The van der Waals surface area contributed by atoms with Crippen LogP contribution in [-0.4, -0.2) is 51.4 Å². The van der Waals surface area contributed by atoms with Crippen molar-refractivity contribution in [2.75, 3.05) is 39.5 Å². The molecule has 1 aromatic rings. The van der Waals surface area contributed by atoms with E-state index < -0.39 is 10.0 Å². The highest BCUT2D eigenvalue weighted by Crippen LogP contribution is 2.23. The van der Waals surface area contributed by atoms with Crippen LogP contribution >= 0.6 is 0 Å². The zero-order valence-corrected chi connectivity index (χ0v) is 13.6. The number of rotatable bonds is 7. The van der Waals surface area contributed by atoms with Gasteiger partial charge in [0, 0.05) is 13.1 Å². The summed E-state index contributed by atoms with van der Waals surface area (Å²) in [4.78, 5) is 2.25. The molecule has 5 nitrogen and oxygen atoms in total. The van der Waals surface area contributed by atoms with Crippen LogP contribution in [0.5, 0.6) is 0 Å². The molecule has 1 aromatic carbocycles. The molecule has 0 aliphatic carbocycles. The lowest BCUT2D eigenvalue weighted by Gasteiger charge is -2.22. The minimum atomic E-state index is -3.51. The Hall–Kier alpha value is -1.11. The molecule has 0 aliphatic heterocycles. The second kappa shape index (κ2) is 7.06. The average molecular weight is 299 g/mol. The van der Waals surface area contributed by atoms with E-state index in [9.17, 15) is 8.42 Å². The Morgan fingerprint density at radius 1 is 1.20 bits per heavy atom. The zero-order valence-electron chi connectivity index (χ0n) is 12.8. The van der Waals surface area contributed by atoms with E-state index in [0.29, 0.717) is 18.8 Å². The van der Waals surface area contributed by atoms with Gasteiger partial charge in [0.25, 0.3) is 0 Å². The van der Waals surface area contributed by atoms with Crippen molar-refractivity contribution in [2.45, 2.75) is 25.2 Å². The van der Waals surface area contributed by atoms with Gasteiger partial charge in [-0.1, -0.05) is 13.0 Å². The van der Waals surface area contributed by atoms with Crippen molar-refractivity contribution >= 4 is 15.7 Å². The summed E-state index contributed by atoms with van der Waals surface area (Å²) in [6.07, 6.45) is 0.797. The monoisotopic (exact) mass is 299 g/mol. The van der Waals surface area contributed by atoms with E-state index in [1.165, 1.54) is 4.31 Å². The molecule has 0 atom stereocenters. The van der Waals surface area contributed by atoms with Gasteiger partial charge in [-0.2, -0.15) is 4.31 Å². The van der Waals surface area contributed by atoms with Crippen LogP contribution in [0.25, 0.3) is 0 Å². The molecule has 0 saturated carbocycles. The summed E-state index contributed by atoms with van der Waals surface area (Å²) in [5.41, 5.74) is 7.13. The first kappa shape index (κ1) is 16.9. The van der Waals surface area contributed by atoms with Crippen LogP contribution in [0.3, 0.4) is 0 Å². The summed E-state index contributed by atoms with van der Waals surface area (Å²) in [7, 11) is 0.443. The summed E-state index contributed by atoms with van der Waals surface area (Å²) < 4.78 is 26.7. The largest absolute Gasteiger partial charge is 0.398 e. The van der Waals surface area contributed by atoms with Crippen molar-refractivity contribution < 1.29 is 8.42 Å². The first-order valence-corrected chi connectivity index (χ1v) is 8.24. The molecule has 0 radical (unpaired) electrons. The molecule has 2 N–H and O–H groups in total. The molecule has 0 fully saturated rings. The lowest BCUT2D eigenvalue weighted by Crippen LogP contribution is -2.33. The molecule has 0 heterocycles. The van der Waals surface area contributed by atoms with Gasteiger partial charge in [-0.25, -0.2) is 8.42 Å². The summed E-state index contributed by atoms with van der Waals surface area (Å²) in [6.45, 7) is 5.54. The molecule has 0 saturated heterocycles. The third kappa shape index (κ3) is 4.19. The molecule has 114 valence electrons. The number of sulfonamides is 1. The molecule has 0 aromatic heterocycles. The molecular weight excluding hydrogens is 274 g/mol. The predicted octanol–water partition coefficient (Wildman–Crippen LogP) is 1.54. The Labute approximate surface area is 122 Å². The smallest absolute Gasteiger partial charge is 0.245 e. The highest BCUT2D eigenvalue weighted by atomic mass is 32.2. The number of nitrogens with two attached hydrogens (primary N) is 1. The number of anilines is 1. The van der Waals surface area contributed by atoms with E-state index in [1.54, 1.807) is 18.2 Å². The van der Waals surface area contributed by atoms with Crippen molar-refractivity contribution in [2.24, 2.45) is 0 Å². The lowest BCUT2D eigenvalue weighted by atomic mass is 10.2. The summed E-state index contributed by atoms with van der Waals surface area (Å²) >= 11 is 0. The Morgan fingerprint density at radius 3 is 2.35 bits per heavy atom. The van der Waals surface area contributed by atoms with E-state index >= 15 is 0 Å². The van der Waals surface area contributed by atoms with Crippen LogP contribution in [0.2, 0.25) is 0 Å². The molecule has 0 spiro atoms. The van der Waals surface area contributed by atoms with Gasteiger partial charge < -0.3 is 10.6 Å². The fraction of sp³-hybridized carbons (Fsp3) is 0.571.